The highest BCUT2D eigenvalue weighted by atomic mass is 32.2. The van der Waals surface area contributed by atoms with Crippen molar-refractivity contribution in [3.05, 3.63) is 54.1 Å². The van der Waals surface area contributed by atoms with E-state index < -0.39 is 20.6 Å². The second-order valence-corrected chi connectivity index (χ2v) is 10.7. The molecule has 2 atom stereocenters. The third kappa shape index (κ3) is 6.34. The minimum Gasteiger partial charge on any atom is -0.497 e. The molecule has 1 aliphatic heterocycles. The standard InChI is InChI=1S/C26H35NO7S/c1-4-26(25(28)32-5-2,35(29,30)24-12-10-21(31-3)11-13-24)18-20-6-8-22(9-7-20)33-16-14-23-19-27-15-17-34-23/h6-13,23,27H,4-5,14-19H2,1-3H3. The maximum Gasteiger partial charge on any atom is 0.328 e. The summed E-state index contributed by atoms with van der Waals surface area (Å²) < 4.78 is 47.7. The smallest absolute Gasteiger partial charge is 0.328 e. The van der Waals surface area contributed by atoms with Gasteiger partial charge in [0, 0.05) is 25.9 Å². The Morgan fingerprint density at radius 1 is 1.09 bits per heavy atom. The fourth-order valence-corrected chi connectivity index (χ4v) is 6.09. The van der Waals surface area contributed by atoms with Crippen molar-refractivity contribution in [1.82, 2.24) is 5.32 Å². The van der Waals surface area contributed by atoms with E-state index in [1.807, 2.05) is 0 Å². The van der Waals surface area contributed by atoms with Crippen LogP contribution in [0.25, 0.3) is 0 Å². The summed E-state index contributed by atoms with van der Waals surface area (Å²) in [4.78, 5) is 13.2. The molecule has 0 saturated carbocycles. The Kier molecular flexibility index (Phi) is 9.54. The molecule has 1 saturated heterocycles. The molecule has 0 aliphatic carbocycles. The van der Waals surface area contributed by atoms with E-state index in [4.69, 9.17) is 18.9 Å². The number of carbonyl (C=O) groups is 1. The van der Waals surface area contributed by atoms with Crippen LogP contribution in [0.4, 0.5) is 0 Å². The van der Waals surface area contributed by atoms with Gasteiger partial charge < -0.3 is 24.3 Å². The maximum absolute atomic E-state index is 13.8. The molecular weight excluding hydrogens is 470 g/mol. The molecule has 3 rings (SSSR count). The van der Waals surface area contributed by atoms with Gasteiger partial charge in [0.05, 0.1) is 37.9 Å². The quantitative estimate of drug-likeness (QED) is 0.439. The van der Waals surface area contributed by atoms with E-state index in [-0.39, 0.29) is 30.4 Å². The zero-order valence-electron chi connectivity index (χ0n) is 20.6. The highest BCUT2D eigenvalue weighted by molar-refractivity contribution is 7.93. The van der Waals surface area contributed by atoms with E-state index in [2.05, 4.69) is 5.32 Å². The van der Waals surface area contributed by atoms with Gasteiger partial charge in [-0.3, -0.25) is 4.79 Å². The van der Waals surface area contributed by atoms with Crippen LogP contribution in [0.5, 0.6) is 11.5 Å². The van der Waals surface area contributed by atoms with Gasteiger partial charge in [0.1, 0.15) is 11.5 Å². The minimum absolute atomic E-state index is 0.0153. The van der Waals surface area contributed by atoms with E-state index in [1.54, 1.807) is 50.2 Å². The van der Waals surface area contributed by atoms with Crippen LogP contribution in [0.2, 0.25) is 0 Å². The number of rotatable bonds is 12. The number of carbonyl (C=O) groups excluding carboxylic acids is 1. The molecule has 2 unspecified atom stereocenters. The molecule has 1 aliphatic rings. The molecule has 1 N–H and O–H groups in total. The molecule has 9 heteroatoms. The molecule has 35 heavy (non-hydrogen) atoms. The first-order valence-electron chi connectivity index (χ1n) is 12.0. The van der Waals surface area contributed by atoms with Gasteiger partial charge in [-0.25, -0.2) is 8.42 Å². The molecule has 0 spiro atoms. The highest BCUT2D eigenvalue weighted by Gasteiger charge is 2.51. The summed E-state index contributed by atoms with van der Waals surface area (Å²) in [6, 6.07) is 13.2. The monoisotopic (exact) mass is 505 g/mol. The predicted octanol–water partition coefficient (Wildman–Crippen LogP) is 3.18. The van der Waals surface area contributed by atoms with Crippen molar-refractivity contribution >= 4 is 15.8 Å². The van der Waals surface area contributed by atoms with Gasteiger partial charge in [-0.2, -0.15) is 0 Å². The molecular formula is C26H35NO7S. The second kappa shape index (κ2) is 12.4. The average molecular weight is 506 g/mol. The molecule has 0 bridgehead atoms. The summed E-state index contributed by atoms with van der Waals surface area (Å²) in [6.07, 6.45) is 0.962. The lowest BCUT2D eigenvalue weighted by Crippen LogP contribution is -2.49. The molecule has 0 amide bonds. The zero-order valence-corrected chi connectivity index (χ0v) is 21.4. The lowest BCUT2D eigenvalue weighted by Gasteiger charge is -2.30. The lowest BCUT2D eigenvalue weighted by molar-refractivity contribution is -0.146. The van der Waals surface area contributed by atoms with Gasteiger partial charge >= 0.3 is 5.97 Å². The summed E-state index contributed by atoms with van der Waals surface area (Å²) in [7, 11) is -2.57. The van der Waals surface area contributed by atoms with Crippen molar-refractivity contribution in [3.63, 3.8) is 0 Å². The van der Waals surface area contributed by atoms with Crippen LogP contribution in [0.15, 0.2) is 53.4 Å². The van der Waals surface area contributed by atoms with Crippen LogP contribution in [-0.4, -0.2) is 65.3 Å². The molecule has 1 fully saturated rings. The fraction of sp³-hybridized carbons (Fsp3) is 0.500. The van der Waals surface area contributed by atoms with Crippen LogP contribution >= 0.6 is 0 Å². The Bertz CT molecular complexity index is 1050. The van der Waals surface area contributed by atoms with Gasteiger partial charge in [0.25, 0.3) is 0 Å². The van der Waals surface area contributed by atoms with Crippen molar-refractivity contribution in [2.24, 2.45) is 0 Å². The van der Waals surface area contributed by atoms with Gasteiger partial charge in [-0.1, -0.05) is 19.1 Å². The number of nitrogens with one attached hydrogen (secondary N) is 1. The summed E-state index contributed by atoms with van der Waals surface area (Å²) in [5.74, 6) is 0.456. The third-order valence-corrected chi connectivity index (χ3v) is 8.75. The van der Waals surface area contributed by atoms with Crippen molar-refractivity contribution in [2.45, 2.75) is 48.9 Å². The summed E-state index contributed by atoms with van der Waals surface area (Å²) in [6.45, 7) is 6.36. The van der Waals surface area contributed by atoms with Crippen molar-refractivity contribution in [2.75, 3.05) is 40.0 Å². The van der Waals surface area contributed by atoms with E-state index >= 15 is 0 Å². The Morgan fingerprint density at radius 2 is 1.77 bits per heavy atom. The topological polar surface area (TPSA) is 100 Å². The lowest BCUT2D eigenvalue weighted by atomic mass is 9.95. The second-order valence-electron chi connectivity index (χ2n) is 8.40. The molecule has 2 aromatic carbocycles. The van der Waals surface area contributed by atoms with Crippen molar-refractivity contribution in [3.8, 4) is 11.5 Å². The van der Waals surface area contributed by atoms with E-state index in [0.29, 0.717) is 30.3 Å². The number of methoxy groups -OCH3 is 1. The zero-order chi connectivity index (χ0) is 25.3. The Labute approximate surface area is 207 Å². The minimum atomic E-state index is -4.08. The van der Waals surface area contributed by atoms with Gasteiger partial charge in [0.2, 0.25) is 0 Å². The largest absolute Gasteiger partial charge is 0.497 e. The number of esters is 1. The van der Waals surface area contributed by atoms with Gasteiger partial charge in [-0.15, -0.1) is 0 Å². The number of benzene rings is 2. The van der Waals surface area contributed by atoms with E-state index in [0.717, 1.165) is 19.5 Å². The van der Waals surface area contributed by atoms with Gasteiger partial charge in [0.15, 0.2) is 14.6 Å². The first-order chi connectivity index (χ1) is 16.9. The first kappa shape index (κ1) is 27.0. The summed E-state index contributed by atoms with van der Waals surface area (Å²) in [5.41, 5.74) is 0.698. The van der Waals surface area contributed by atoms with Crippen molar-refractivity contribution in [1.29, 1.82) is 0 Å². The molecule has 8 nitrogen and oxygen atoms in total. The number of hydrogen-bond acceptors (Lipinski definition) is 8. The molecule has 0 aromatic heterocycles. The van der Waals surface area contributed by atoms with Crippen LogP contribution in [0.3, 0.4) is 0 Å². The Balaban J connectivity index is 1.78. The van der Waals surface area contributed by atoms with Crippen LogP contribution < -0.4 is 14.8 Å². The SMILES string of the molecule is CCOC(=O)C(CC)(Cc1ccc(OCCC2CNCCO2)cc1)S(=O)(=O)c1ccc(OC)cc1. The predicted molar refractivity (Wildman–Crippen MR) is 133 cm³/mol. The number of sulfone groups is 1. The number of morpholine rings is 1. The third-order valence-electron chi connectivity index (χ3n) is 6.23. The summed E-state index contributed by atoms with van der Waals surface area (Å²) in [5, 5.41) is 3.29. The number of hydrogen-bond donors (Lipinski definition) is 1. The molecule has 192 valence electrons. The Morgan fingerprint density at radius 3 is 2.34 bits per heavy atom. The van der Waals surface area contributed by atoms with E-state index in [1.165, 1.54) is 19.2 Å². The van der Waals surface area contributed by atoms with E-state index in [9.17, 15) is 13.2 Å². The number of ether oxygens (including phenoxy) is 4. The van der Waals surface area contributed by atoms with Crippen LogP contribution in [0, 0.1) is 0 Å². The summed E-state index contributed by atoms with van der Waals surface area (Å²) >= 11 is 0. The Hall–Kier alpha value is -2.62. The normalized spacial score (nSPS) is 17.9. The van der Waals surface area contributed by atoms with Crippen LogP contribution in [0.1, 0.15) is 32.3 Å². The molecule has 0 radical (unpaired) electrons. The molecule has 1 heterocycles. The first-order valence-corrected chi connectivity index (χ1v) is 13.4. The van der Waals surface area contributed by atoms with Crippen molar-refractivity contribution < 1.29 is 32.2 Å². The molecule has 2 aromatic rings. The van der Waals surface area contributed by atoms with Gasteiger partial charge in [-0.05, 0) is 55.3 Å². The fourth-order valence-electron chi connectivity index (χ4n) is 4.13. The maximum atomic E-state index is 13.8. The average Bonchev–Trinajstić information content (AvgIpc) is 2.89. The van der Waals surface area contributed by atoms with Crippen LogP contribution in [-0.2, 0) is 30.5 Å². The highest BCUT2D eigenvalue weighted by Crippen LogP contribution is 2.35.